The lowest BCUT2D eigenvalue weighted by Crippen LogP contribution is -2.16. The fraction of sp³-hybridized carbons (Fsp3) is 0.304. The van der Waals surface area contributed by atoms with Crippen LogP contribution in [0.15, 0.2) is 59.5 Å². The molecule has 28 heavy (non-hydrogen) atoms. The molecule has 1 aliphatic rings. The molecule has 0 spiro atoms. The highest BCUT2D eigenvalue weighted by atomic mass is 32.1. The quantitative estimate of drug-likeness (QED) is 0.516. The van der Waals surface area contributed by atoms with E-state index < -0.39 is 0 Å². The van der Waals surface area contributed by atoms with Gasteiger partial charge in [0.05, 0.1) is 11.5 Å². The first-order chi connectivity index (χ1) is 13.6. The summed E-state index contributed by atoms with van der Waals surface area (Å²) in [6, 6.07) is 15.3. The van der Waals surface area contributed by atoms with E-state index in [4.69, 9.17) is 4.74 Å². The monoisotopic (exact) mass is 393 g/mol. The zero-order chi connectivity index (χ0) is 19.5. The molecule has 0 radical (unpaired) electrons. The van der Waals surface area contributed by atoms with E-state index in [-0.39, 0.29) is 11.3 Å². The number of aromatic nitrogens is 1. The molecule has 0 atom stereocenters. The smallest absolute Gasteiger partial charge is 0.259 e. The third-order valence-electron chi connectivity index (χ3n) is 4.95. The average molecular weight is 394 g/mol. The molecule has 1 fully saturated rings. The molecule has 1 aliphatic carbocycles. The van der Waals surface area contributed by atoms with Crippen molar-refractivity contribution in [3.8, 4) is 10.8 Å². The maximum absolute atomic E-state index is 12.7. The molecule has 4 nitrogen and oxygen atoms in total. The van der Waals surface area contributed by atoms with Gasteiger partial charge in [-0.3, -0.25) is 14.2 Å². The zero-order valence-electron chi connectivity index (χ0n) is 15.9. The minimum atomic E-state index is -0.141. The number of Topliss-reactive ketones (excluding diaryl/α,β-unsaturated/α-hetero) is 1. The normalized spacial score (nSPS) is 13.5. The van der Waals surface area contributed by atoms with Crippen molar-refractivity contribution in [2.24, 2.45) is 5.92 Å². The highest BCUT2D eigenvalue weighted by molar-refractivity contribution is 7.16. The summed E-state index contributed by atoms with van der Waals surface area (Å²) in [5.41, 5.74) is 1.93. The van der Waals surface area contributed by atoms with Crippen LogP contribution in [-0.2, 0) is 6.42 Å². The average Bonchev–Trinajstić information content (AvgIpc) is 3.46. The molecule has 2 aromatic heterocycles. The van der Waals surface area contributed by atoms with Gasteiger partial charge in [-0.1, -0.05) is 30.3 Å². The Morgan fingerprint density at radius 3 is 2.68 bits per heavy atom. The van der Waals surface area contributed by atoms with Crippen molar-refractivity contribution in [1.82, 2.24) is 4.57 Å². The van der Waals surface area contributed by atoms with Gasteiger partial charge in [0, 0.05) is 18.7 Å². The Hall–Kier alpha value is -2.66. The molecule has 1 saturated carbocycles. The number of nitrogens with zero attached hydrogens (tertiary/aromatic N) is 1. The summed E-state index contributed by atoms with van der Waals surface area (Å²) in [7, 11) is 0. The van der Waals surface area contributed by atoms with Gasteiger partial charge in [0.15, 0.2) is 5.78 Å². The van der Waals surface area contributed by atoms with E-state index >= 15 is 0 Å². The number of aryl methyl sites for hydroxylation is 2. The Labute approximate surface area is 168 Å². The molecule has 0 N–H and O–H groups in total. The van der Waals surface area contributed by atoms with E-state index in [9.17, 15) is 9.59 Å². The van der Waals surface area contributed by atoms with Crippen molar-refractivity contribution in [2.45, 2.75) is 32.6 Å². The SMILES string of the molecule is Cc1cc(-n2ccc(OCC3CC3)cc2=O)sc1C(=O)CCc1ccccc1. The van der Waals surface area contributed by atoms with Crippen LogP contribution in [0, 0.1) is 12.8 Å². The lowest BCUT2D eigenvalue weighted by molar-refractivity contribution is 0.0986. The number of hydrogen-bond acceptors (Lipinski definition) is 4. The van der Waals surface area contributed by atoms with Crippen LogP contribution in [0.4, 0.5) is 0 Å². The first-order valence-corrected chi connectivity index (χ1v) is 10.5. The number of rotatable bonds is 8. The second kappa shape index (κ2) is 8.15. The summed E-state index contributed by atoms with van der Waals surface area (Å²) in [5.74, 6) is 1.38. The molecule has 1 aromatic carbocycles. The first-order valence-electron chi connectivity index (χ1n) is 9.63. The summed E-state index contributed by atoms with van der Waals surface area (Å²) in [6.07, 6.45) is 5.35. The van der Waals surface area contributed by atoms with Gasteiger partial charge < -0.3 is 4.74 Å². The molecular weight excluding hydrogens is 370 g/mol. The van der Waals surface area contributed by atoms with Crippen LogP contribution >= 0.6 is 11.3 Å². The fourth-order valence-electron chi connectivity index (χ4n) is 3.11. The van der Waals surface area contributed by atoms with E-state index in [0.29, 0.717) is 24.7 Å². The molecule has 0 unspecified atom stereocenters. The van der Waals surface area contributed by atoms with E-state index in [2.05, 4.69) is 0 Å². The highest BCUT2D eigenvalue weighted by Crippen LogP contribution is 2.30. The summed E-state index contributed by atoms with van der Waals surface area (Å²) >= 11 is 1.38. The largest absolute Gasteiger partial charge is 0.493 e. The Balaban J connectivity index is 1.47. The van der Waals surface area contributed by atoms with Crippen LogP contribution in [0.3, 0.4) is 0 Å². The number of thiophene rings is 1. The number of pyridine rings is 1. The van der Waals surface area contributed by atoms with Crippen LogP contribution in [-0.4, -0.2) is 17.0 Å². The summed E-state index contributed by atoms with van der Waals surface area (Å²) in [4.78, 5) is 25.9. The molecule has 0 saturated heterocycles. The molecule has 0 amide bonds. The van der Waals surface area contributed by atoms with Crippen molar-refractivity contribution in [3.63, 3.8) is 0 Å². The molecule has 4 rings (SSSR count). The lowest BCUT2D eigenvalue weighted by Gasteiger charge is -2.06. The van der Waals surface area contributed by atoms with Crippen molar-refractivity contribution in [2.75, 3.05) is 6.61 Å². The Bertz CT molecular complexity index is 1030. The molecule has 3 aromatic rings. The predicted octanol–water partition coefficient (Wildman–Crippen LogP) is 4.81. The Morgan fingerprint density at radius 2 is 1.96 bits per heavy atom. The lowest BCUT2D eigenvalue weighted by atomic mass is 10.1. The van der Waals surface area contributed by atoms with Crippen molar-refractivity contribution in [3.05, 3.63) is 81.1 Å². The van der Waals surface area contributed by atoms with Gasteiger partial charge in [-0.25, -0.2) is 0 Å². The van der Waals surface area contributed by atoms with Crippen molar-refractivity contribution < 1.29 is 9.53 Å². The maximum atomic E-state index is 12.7. The van der Waals surface area contributed by atoms with Crippen LogP contribution in [0.1, 0.15) is 40.1 Å². The van der Waals surface area contributed by atoms with Gasteiger partial charge in [0.1, 0.15) is 10.8 Å². The van der Waals surface area contributed by atoms with Crippen LogP contribution < -0.4 is 10.3 Å². The standard InChI is InChI=1S/C23H23NO3S/c1-16-13-22(24-12-11-19(14-21(24)26)27-15-18-7-8-18)28-23(16)20(25)10-9-17-5-3-2-4-6-17/h2-6,11-14,18H,7-10,15H2,1H3. The number of hydrogen-bond donors (Lipinski definition) is 0. The van der Waals surface area contributed by atoms with Gasteiger partial charge >= 0.3 is 0 Å². The van der Waals surface area contributed by atoms with Gasteiger partial charge in [-0.2, -0.15) is 0 Å². The minimum Gasteiger partial charge on any atom is -0.493 e. The fourth-order valence-corrected chi connectivity index (χ4v) is 4.24. The van der Waals surface area contributed by atoms with Gasteiger partial charge in [0.25, 0.3) is 5.56 Å². The highest BCUT2D eigenvalue weighted by Gasteiger charge is 2.22. The summed E-state index contributed by atoms with van der Waals surface area (Å²) in [5, 5.41) is 0.763. The number of carbonyl (C=O) groups excluding carboxylic acids is 1. The van der Waals surface area contributed by atoms with Gasteiger partial charge in [-0.15, -0.1) is 11.3 Å². The van der Waals surface area contributed by atoms with Crippen molar-refractivity contribution >= 4 is 17.1 Å². The third kappa shape index (κ3) is 4.42. The van der Waals surface area contributed by atoms with Crippen LogP contribution in [0.5, 0.6) is 5.75 Å². The molecule has 0 aliphatic heterocycles. The molecule has 2 heterocycles. The molecule has 0 bridgehead atoms. The molecular formula is C23H23NO3S. The van der Waals surface area contributed by atoms with Gasteiger partial charge in [-0.05, 0) is 55.4 Å². The second-order valence-electron chi connectivity index (χ2n) is 7.33. The molecule has 144 valence electrons. The predicted molar refractivity (Wildman–Crippen MR) is 112 cm³/mol. The number of ketones is 1. The number of carbonyl (C=O) groups is 1. The van der Waals surface area contributed by atoms with Crippen LogP contribution in [0.25, 0.3) is 5.00 Å². The van der Waals surface area contributed by atoms with Crippen molar-refractivity contribution in [1.29, 1.82) is 0 Å². The summed E-state index contributed by atoms with van der Waals surface area (Å²) < 4.78 is 7.26. The van der Waals surface area contributed by atoms with Gasteiger partial charge in [0.2, 0.25) is 0 Å². The maximum Gasteiger partial charge on any atom is 0.259 e. The van der Waals surface area contributed by atoms with E-state index in [1.54, 1.807) is 10.8 Å². The molecule has 5 heteroatoms. The van der Waals surface area contributed by atoms with E-state index in [1.165, 1.54) is 30.2 Å². The van der Waals surface area contributed by atoms with E-state index in [0.717, 1.165) is 27.4 Å². The topological polar surface area (TPSA) is 48.3 Å². The Morgan fingerprint density at radius 1 is 1.18 bits per heavy atom. The minimum absolute atomic E-state index is 0.120. The second-order valence-corrected chi connectivity index (χ2v) is 8.36. The summed E-state index contributed by atoms with van der Waals surface area (Å²) in [6.45, 7) is 2.61. The first kappa shape index (κ1) is 18.7. The van der Waals surface area contributed by atoms with Crippen LogP contribution in [0.2, 0.25) is 0 Å². The zero-order valence-corrected chi connectivity index (χ0v) is 16.7. The number of benzene rings is 1. The third-order valence-corrected chi connectivity index (χ3v) is 6.23. The number of ether oxygens (including phenoxy) is 1. The van der Waals surface area contributed by atoms with E-state index in [1.807, 2.05) is 49.4 Å². The Kier molecular flexibility index (Phi) is 5.44.